The second-order valence-electron chi connectivity index (χ2n) is 7.00. The quantitative estimate of drug-likeness (QED) is 0.754. The van der Waals surface area contributed by atoms with E-state index in [2.05, 4.69) is 17.4 Å². The Kier molecular flexibility index (Phi) is 5.77. The molecule has 0 saturated carbocycles. The molecule has 0 aromatic heterocycles. The Morgan fingerprint density at radius 2 is 2.04 bits per heavy atom. The van der Waals surface area contributed by atoms with Crippen molar-refractivity contribution in [1.29, 1.82) is 0 Å². The summed E-state index contributed by atoms with van der Waals surface area (Å²) in [5.41, 5.74) is 0.671. The first kappa shape index (κ1) is 18.6. The van der Waals surface area contributed by atoms with Gasteiger partial charge in [0.1, 0.15) is 17.1 Å². The molecular weight excluding hydrogens is 346 g/mol. The summed E-state index contributed by atoms with van der Waals surface area (Å²) in [6.45, 7) is 4.08. The van der Waals surface area contributed by atoms with Gasteiger partial charge in [0.15, 0.2) is 0 Å². The molecule has 2 aromatic rings. The van der Waals surface area contributed by atoms with Crippen molar-refractivity contribution < 1.29 is 14.3 Å². The monoisotopic (exact) mass is 371 g/mol. The summed E-state index contributed by atoms with van der Waals surface area (Å²) in [7, 11) is 1.64. The molecule has 0 fully saturated rings. The third kappa shape index (κ3) is 4.73. The van der Waals surface area contributed by atoms with E-state index in [1.807, 2.05) is 50.2 Å². The zero-order valence-corrected chi connectivity index (χ0v) is 16.3. The van der Waals surface area contributed by atoms with Crippen molar-refractivity contribution in [3.8, 4) is 11.5 Å². The second kappa shape index (κ2) is 8.04. The molecule has 0 saturated heterocycles. The van der Waals surface area contributed by atoms with Gasteiger partial charge in [-0.3, -0.25) is 4.79 Å². The van der Waals surface area contributed by atoms with Crippen LogP contribution in [0.4, 0.5) is 0 Å². The van der Waals surface area contributed by atoms with Gasteiger partial charge in [0.05, 0.1) is 13.2 Å². The number of thioether (sulfide) groups is 1. The summed E-state index contributed by atoms with van der Waals surface area (Å²) in [5.74, 6) is 2.37. The van der Waals surface area contributed by atoms with Gasteiger partial charge in [-0.2, -0.15) is 0 Å². The molecule has 2 aromatic carbocycles. The van der Waals surface area contributed by atoms with Gasteiger partial charge in [-0.1, -0.05) is 18.2 Å². The predicted molar refractivity (Wildman–Crippen MR) is 105 cm³/mol. The molecule has 26 heavy (non-hydrogen) atoms. The summed E-state index contributed by atoms with van der Waals surface area (Å²) in [6, 6.07) is 15.9. The van der Waals surface area contributed by atoms with E-state index in [4.69, 9.17) is 9.47 Å². The summed E-state index contributed by atoms with van der Waals surface area (Å²) < 4.78 is 11.4. The highest BCUT2D eigenvalue weighted by atomic mass is 32.2. The topological polar surface area (TPSA) is 47.6 Å². The standard InChI is InChI=1S/C21H25NO3S/c1-21(2)14-18(17-10-9-15(24-3)13-19(17)25-21)22-20(23)11-12-26-16-7-5-4-6-8-16/h4-10,13,18H,11-12,14H2,1-3H3,(H,22,23). The number of methoxy groups -OCH3 is 1. The molecule has 3 rings (SSSR count). The van der Waals surface area contributed by atoms with Crippen molar-refractivity contribution >= 4 is 17.7 Å². The van der Waals surface area contributed by atoms with Crippen LogP contribution >= 0.6 is 11.8 Å². The van der Waals surface area contributed by atoms with E-state index in [0.29, 0.717) is 6.42 Å². The van der Waals surface area contributed by atoms with E-state index in [9.17, 15) is 4.79 Å². The van der Waals surface area contributed by atoms with Crippen molar-refractivity contribution in [2.75, 3.05) is 12.9 Å². The van der Waals surface area contributed by atoms with Crippen molar-refractivity contribution in [2.45, 2.75) is 43.2 Å². The van der Waals surface area contributed by atoms with Crippen molar-refractivity contribution in [3.05, 3.63) is 54.1 Å². The second-order valence-corrected chi connectivity index (χ2v) is 8.17. The first-order valence-electron chi connectivity index (χ1n) is 8.81. The Hall–Kier alpha value is -2.14. The zero-order chi connectivity index (χ0) is 18.6. The number of rotatable bonds is 6. The average molecular weight is 372 g/mol. The van der Waals surface area contributed by atoms with Gasteiger partial charge in [0.2, 0.25) is 5.91 Å². The normalized spacial score (nSPS) is 17.7. The van der Waals surface area contributed by atoms with Crippen LogP contribution in [0.5, 0.6) is 11.5 Å². The Bertz CT molecular complexity index is 761. The minimum atomic E-state index is -0.337. The molecule has 1 atom stereocenters. The van der Waals surface area contributed by atoms with Crippen molar-refractivity contribution in [1.82, 2.24) is 5.32 Å². The van der Waals surface area contributed by atoms with Crippen LogP contribution in [0.15, 0.2) is 53.4 Å². The van der Waals surface area contributed by atoms with Crippen LogP contribution in [0.2, 0.25) is 0 Å². The molecule has 1 heterocycles. The third-order valence-electron chi connectivity index (χ3n) is 4.35. The maximum Gasteiger partial charge on any atom is 0.221 e. The van der Waals surface area contributed by atoms with E-state index in [-0.39, 0.29) is 17.6 Å². The van der Waals surface area contributed by atoms with Crippen molar-refractivity contribution in [3.63, 3.8) is 0 Å². The maximum atomic E-state index is 12.5. The van der Waals surface area contributed by atoms with Gasteiger partial charge >= 0.3 is 0 Å². The van der Waals surface area contributed by atoms with Gasteiger partial charge in [-0.25, -0.2) is 0 Å². The van der Waals surface area contributed by atoms with Crippen LogP contribution in [-0.4, -0.2) is 24.4 Å². The lowest BCUT2D eigenvalue weighted by molar-refractivity contribution is -0.121. The lowest BCUT2D eigenvalue weighted by atomic mass is 9.89. The number of amides is 1. The lowest BCUT2D eigenvalue weighted by Gasteiger charge is -2.38. The molecule has 5 heteroatoms. The molecule has 1 amide bonds. The first-order chi connectivity index (χ1) is 12.5. The van der Waals surface area contributed by atoms with E-state index in [1.54, 1.807) is 18.9 Å². The Morgan fingerprint density at radius 3 is 2.77 bits per heavy atom. The SMILES string of the molecule is COc1ccc2c(c1)OC(C)(C)CC2NC(=O)CCSc1ccccc1. The zero-order valence-electron chi connectivity index (χ0n) is 15.5. The summed E-state index contributed by atoms with van der Waals surface area (Å²) >= 11 is 1.70. The minimum absolute atomic E-state index is 0.0473. The summed E-state index contributed by atoms with van der Waals surface area (Å²) in [4.78, 5) is 13.6. The largest absolute Gasteiger partial charge is 0.497 e. The number of carbonyl (C=O) groups excluding carboxylic acids is 1. The molecule has 0 radical (unpaired) electrons. The Balaban J connectivity index is 1.62. The van der Waals surface area contributed by atoms with Crippen LogP contribution in [0.1, 0.15) is 38.3 Å². The van der Waals surface area contributed by atoms with E-state index >= 15 is 0 Å². The van der Waals surface area contributed by atoms with E-state index in [0.717, 1.165) is 29.2 Å². The van der Waals surface area contributed by atoms with Crippen LogP contribution in [0.25, 0.3) is 0 Å². The number of hydrogen-bond donors (Lipinski definition) is 1. The van der Waals surface area contributed by atoms with Crippen LogP contribution < -0.4 is 14.8 Å². The number of fused-ring (bicyclic) bond motifs is 1. The highest BCUT2D eigenvalue weighted by Crippen LogP contribution is 2.41. The third-order valence-corrected chi connectivity index (χ3v) is 5.37. The molecule has 1 aliphatic heterocycles. The van der Waals surface area contributed by atoms with Crippen molar-refractivity contribution in [2.24, 2.45) is 0 Å². The van der Waals surface area contributed by atoms with Gasteiger partial charge in [0, 0.05) is 35.1 Å². The molecule has 0 bridgehead atoms. The molecule has 1 unspecified atom stereocenters. The molecular formula is C21H25NO3S. The number of nitrogens with one attached hydrogen (secondary N) is 1. The molecule has 1 aliphatic rings. The maximum absolute atomic E-state index is 12.5. The summed E-state index contributed by atoms with van der Waals surface area (Å²) in [6.07, 6.45) is 1.23. The lowest BCUT2D eigenvalue weighted by Crippen LogP contribution is -2.41. The number of ether oxygens (including phenoxy) is 2. The molecule has 1 N–H and O–H groups in total. The molecule has 138 valence electrons. The van der Waals surface area contributed by atoms with Gasteiger partial charge in [-0.15, -0.1) is 11.8 Å². The minimum Gasteiger partial charge on any atom is -0.497 e. The average Bonchev–Trinajstić information content (AvgIpc) is 2.61. The fourth-order valence-corrected chi connectivity index (χ4v) is 4.01. The number of hydrogen-bond acceptors (Lipinski definition) is 4. The fourth-order valence-electron chi connectivity index (χ4n) is 3.13. The highest BCUT2D eigenvalue weighted by molar-refractivity contribution is 7.99. The Morgan fingerprint density at radius 1 is 1.27 bits per heavy atom. The van der Waals surface area contributed by atoms with Crippen LogP contribution in [0, 0.1) is 0 Å². The van der Waals surface area contributed by atoms with E-state index in [1.165, 1.54) is 4.90 Å². The van der Waals surface area contributed by atoms with Gasteiger partial charge in [-0.05, 0) is 38.1 Å². The smallest absolute Gasteiger partial charge is 0.221 e. The van der Waals surface area contributed by atoms with Crippen LogP contribution in [-0.2, 0) is 4.79 Å². The fraction of sp³-hybridized carbons (Fsp3) is 0.381. The Labute approximate surface area is 159 Å². The van der Waals surface area contributed by atoms with Gasteiger partial charge in [0.25, 0.3) is 0 Å². The van der Waals surface area contributed by atoms with Crippen LogP contribution in [0.3, 0.4) is 0 Å². The molecule has 0 aliphatic carbocycles. The predicted octanol–water partition coefficient (Wildman–Crippen LogP) is 4.60. The summed E-state index contributed by atoms with van der Waals surface area (Å²) in [5, 5.41) is 3.18. The number of benzene rings is 2. The van der Waals surface area contributed by atoms with E-state index < -0.39 is 0 Å². The molecule has 0 spiro atoms. The highest BCUT2D eigenvalue weighted by Gasteiger charge is 2.34. The number of carbonyl (C=O) groups is 1. The van der Waals surface area contributed by atoms with Gasteiger partial charge < -0.3 is 14.8 Å². The first-order valence-corrected chi connectivity index (χ1v) is 9.79. The molecule has 4 nitrogen and oxygen atoms in total.